The molecule has 0 aliphatic heterocycles. The van der Waals surface area contributed by atoms with Crippen LogP contribution in [0, 0.1) is 0 Å². The summed E-state index contributed by atoms with van der Waals surface area (Å²) in [4.78, 5) is 4.03. The second-order valence-corrected chi connectivity index (χ2v) is 4.56. The summed E-state index contributed by atoms with van der Waals surface area (Å²) in [5, 5.41) is 3.48. The van der Waals surface area contributed by atoms with Gasteiger partial charge in [-0.3, -0.25) is 4.98 Å². The molecule has 0 saturated carbocycles. The van der Waals surface area contributed by atoms with Gasteiger partial charge < -0.3 is 14.8 Å². The quantitative estimate of drug-likeness (QED) is 0.878. The van der Waals surface area contributed by atoms with Crippen LogP contribution in [-0.2, 0) is 6.54 Å². The van der Waals surface area contributed by atoms with Gasteiger partial charge in [-0.05, 0) is 42.8 Å². The highest BCUT2D eigenvalue weighted by Gasteiger charge is 2.08. The maximum Gasteiger partial charge on any atom is 0.123 e. The Balaban J connectivity index is 2.06. The van der Waals surface area contributed by atoms with Crippen LogP contribution in [0.1, 0.15) is 24.1 Å². The van der Waals surface area contributed by atoms with Crippen LogP contribution in [-0.4, -0.2) is 19.2 Å². The Hall–Kier alpha value is -2.07. The largest absolute Gasteiger partial charge is 0.497 e. The number of methoxy groups -OCH3 is 2. The Morgan fingerprint density at radius 1 is 1.10 bits per heavy atom. The minimum absolute atomic E-state index is 0.244. The molecule has 0 bridgehead atoms. The van der Waals surface area contributed by atoms with Gasteiger partial charge in [-0.1, -0.05) is 0 Å². The fraction of sp³-hybridized carbons (Fsp3) is 0.312. The third-order valence-corrected chi connectivity index (χ3v) is 3.29. The highest BCUT2D eigenvalue weighted by atomic mass is 16.5. The zero-order valence-electron chi connectivity index (χ0n) is 12.1. The molecule has 0 amide bonds. The molecule has 4 nitrogen and oxygen atoms in total. The normalized spacial score (nSPS) is 11.9. The lowest BCUT2D eigenvalue weighted by molar-refractivity contribution is 0.395. The summed E-state index contributed by atoms with van der Waals surface area (Å²) in [6.07, 6.45) is 3.61. The lowest BCUT2D eigenvalue weighted by atomic mass is 10.1. The van der Waals surface area contributed by atoms with E-state index in [9.17, 15) is 0 Å². The van der Waals surface area contributed by atoms with Gasteiger partial charge in [-0.25, -0.2) is 0 Å². The minimum atomic E-state index is 0.244. The van der Waals surface area contributed by atoms with Crippen LogP contribution in [0.15, 0.2) is 42.7 Å². The van der Waals surface area contributed by atoms with E-state index in [0.717, 1.165) is 17.1 Å². The van der Waals surface area contributed by atoms with E-state index in [2.05, 4.69) is 17.2 Å². The number of nitrogens with one attached hydrogen (secondary N) is 1. The van der Waals surface area contributed by atoms with Crippen molar-refractivity contribution in [2.24, 2.45) is 0 Å². The number of aromatic nitrogens is 1. The standard InChI is InChI=1S/C16H20N2O2/c1-12(13-6-8-17-9-7-13)18-11-14-10-15(19-2)4-5-16(14)20-3/h4-10,12,18H,11H2,1-3H3. The van der Waals surface area contributed by atoms with Gasteiger partial charge in [0.25, 0.3) is 0 Å². The number of pyridine rings is 1. The third-order valence-electron chi connectivity index (χ3n) is 3.29. The molecule has 2 aromatic rings. The molecule has 1 N–H and O–H groups in total. The molecule has 0 spiro atoms. The summed E-state index contributed by atoms with van der Waals surface area (Å²) >= 11 is 0. The number of hydrogen-bond acceptors (Lipinski definition) is 4. The number of hydrogen-bond donors (Lipinski definition) is 1. The number of rotatable bonds is 6. The summed E-state index contributed by atoms with van der Waals surface area (Å²) in [5.41, 5.74) is 2.29. The van der Waals surface area contributed by atoms with Crippen LogP contribution in [0.25, 0.3) is 0 Å². The molecule has 0 radical (unpaired) electrons. The van der Waals surface area contributed by atoms with E-state index in [4.69, 9.17) is 9.47 Å². The topological polar surface area (TPSA) is 43.4 Å². The van der Waals surface area contributed by atoms with Crippen LogP contribution < -0.4 is 14.8 Å². The fourth-order valence-corrected chi connectivity index (χ4v) is 2.05. The molecule has 4 heteroatoms. The Bertz CT molecular complexity index is 543. The molecular weight excluding hydrogens is 252 g/mol. The monoisotopic (exact) mass is 272 g/mol. The molecule has 106 valence electrons. The van der Waals surface area contributed by atoms with Gasteiger partial charge in [0.2, 0.25) is 0 Å². The van der Waals surface area contributed by atoms with E-state index in [0.29, 0.717) is 6.54 Å². The summed E-state index contributed by atoms with van der Waals surface area (Å²) in [6, 6.07) is 10.1. The van der Waals surface area contributed by atoms with Crippen molar-refractivity contribution in [2.75, 3.05) is 14.2 Å². The SMILES string of the molecule is COc1ccc(OC)c(CNC(C)c2ccncc2)c1. The van der Waals surface area contributed by atoms with Gasteiger partial charge >= 0.3 is 0 Å². The van der Waals surface area contributed by atoms with E-state index >= 15 is 0 Å². The Kier molecular flexibility index (Phi) is 4.96. The molecule has 20 heavy (non-hydrogen) atoms. The van der Waals surface area contributed by atoms with Crippen molar-refractivity contribution in [1.29, 1.82) is 0 Å². The first-order chi connectivity index (χ1) is 9.74. The summed E-state index contributed by atoms with van der Waals surface area (Å²) in [7, 11) is 3.34. The van der Waals surface area contributed by atoms with Crippen molar-refractivity contribution in [1.82, 2.24) is 10.3 Å². The van der Waals surface area contributed by atoms with E-state index < -0.39 is 0 Å². The molecule has 1 aromatic carbocycles. The van der Waals surface area contributed by atoms with Gasteiger partial charge in [0, 0.05) is 30.5 Å². The van der Waals surface area contributed by atoms with Crippen LogP contribution in [0.2, 0.25) is 0 Å². The van der Waals surface area contributed by atoms with E-state index in [-0.39, 0.29) is 6.04 Å². The predicted octanol–water partition coefficient (Wildman–Crippen LogP) is 2.95. The average Bonchev–Trinajstić information content (AvgIpc) is 2.53. The van der Waals surface area contributed by atoms with Crippen LogP contribution in [0.4, 0.5) is 0 Å². The van der Waals surface area contributed by atoms with Gasteiger partial charge in [-0.15, -0.1) is 0 Å². The maximum atomic E-state index is 5.38. The molecule has 0 fully saturated rings. The smallest absolute Gasteiger partial charge is 0.123 e. The molecule has 1 atom stereocenters. The molecule has 0 aliphatic rings. The van der Waals surface area contributed by atoms with Crippen LogP contribution in [0.3, 0.4) is 0 Å². The van der Waals surface area contributed by atoms with Crippen molar-refractivity contribution < 1.29 is 9.47 Å². The first kappa shape index (κ1) is 14.3. The Morgan fingerprint density at radius 3 is 2.50 bits per heavy atom. The Morgan fingerprint density at radius 2 is 1.85 bits per heavy atom. The van der Waals surface area contributed by atoms with Crippen molar-refractivity contribution in [3.63, 3.8) is 0 Å². The zero-order chi connectivity index (χ0) is 14.4. The van der Waals surface area contributed by atoms with Crippen molar-refractivity contribution >= 4 is 0 Å². The van der Waals surface area contributed by atoms with Gasteiger partial charge in [0.05, 0.1) is 14.2 Å². The number of ether oxygens (including phenoxy) is 2. The summed E-state index contributed by atoms with van der Waals surface area (Å²) in [5.74, 6) is 1.69. The van der Waals surface area contributed by atoms with Crippen LogP contribution in [0.5, 0.6) is 11.5 Å². The molecule has 1 heterocycles. The molecule has 1 aromatic heterocycles. The maximum absolute atomic E-state index is 5.38. The molecule has 0 aliphatic carbocycles. The second kappa shape index (κ2) is 6.91. The predicted molar refractivity (Wildman–Crippen MR) is 79.0 cm³/mol. The van der Waals surface area contributed by atoms with Crippen molar-refractivity contribution in [2.45, 2.75) is 19.5 Å². The molecule has 0 saturated heterocycles. The van der Waals surface area contributed by atoms with Gasteiger partial charge in [0.1, 0.15) is 11.5 Å². The third kappa shape index (κ3) is 3.48. The highest BCUT2D eigenvalue weighted by molar-refractivity contribution is 5.40. The highest BCUT2D eigenvalue weighted by Crippen LogP contribution is 2.24. The first-order valence-electron chi connectivity index (χ1n) is 6.59. The van der Waals surface area contributed by atoms with E-state index in [1.807, 2.05) is 30.3 Å². The molecule has 1 unspecified atom stereocenters. The fourth-order valence-electron chi connectivity index (χ4n) is 2.05. The number of nitrogens with zero attached hydrogens (tertiary/aromatic N) is 1. The Labute approximate surface area is 119 Å². The molecular formula is C16H20N2O2. The zero-order valence-corrected chi connectivity index (χ0v) is 12.1. The van der Waals surface area contributed by atoms with Crippen molar-refractivity contribution in [3.05, 3.63) is 53.9 Å². The number of benzene rings is 1. The molecule has 2 rings (SSSR count). The van der Waals surface area contributed by atoms with Crippen LogP contribution >= 0.6 is 0 Å². The summed E-state index contributed by atoms with van der Waals surface area (Å²) in [6.45, 7) is 2.84. The lowest BCUT2D eigenvalue weighted by Crippen LogP contribution is -2.18. The van der Waals surface area contributed by atoms with Crippen molar-refractivity contribution in [3.8, 4) is 11.5 Å². The van der Waals surface area contributed by atoms with E-state index in [1.54, 1.807) is 26.6 Å². The second-order valence-electron chi connectivity index (χ2n) is 4.56. The average molecular weight is 272 g/mol. The van der Waals surface area contributed by atoms with E-state index in [1.165, 1.54) is 5.56 Å². The van der Waals surface area contributed by atoms with Gasteiger partial charge in [-0.2, -0.15) is 0 Å². The summed E-state index contributed by atoms with van der Waals surface area (Å²) < 4.78 is 10.6. The first-order valence-corrected chi connectivity index (χ1v) is 6.59. The van der Waals surface area contributed by atoms with Gasteiger partial charge in [0.15, 0.2) is 0 Å². The lowest BCUT2D eigenvalue weighted by Gasteiger charge is -2.16. The minimum Gasteiger partial charge on any atom is -0.497 e.